The minimum atomic E-state index is -0.743. The van der Waals surface area contributed by atoms with Crippen LogP contribution in [0, 0.1) is 5.41 Å². The highest BCUT2D eigenvalue weighted by molar-refractivity contribution is 7.80. The van der Waals surface area contributed by atoms with Gasteiger partial charge in [0.2, 0.25) is 5.91 Å². The first kappa shape index (κ1) is 15.6. The SMILES string of the molecule is CCC(CC)(C(=O)NCCc1ncn(C)n1)C(N)=S. The first-order chi connectivity index (χ1) is 8.96. The molecule has 0 saturated carbocycles. The molecular weight excluding hydrogens is 262 g/mol. The molecule has 19 heavy (non-hydrogen) atoms. The molecule has 1 rings (SSSR count). The van der Waals surface area contributed by atoms with E-state index in [1.54, 1.807) is 18.1 Å². The summed E-state index contributed by atoms with van der Waals surface area (Å²) in [6.45, 7) is 4.32. The maximum absolute atomic E-state index is 12.2. The van der Waals surface area contributed by atoms with E-state index in [1.807, 2.05) is 13.8 Å². The molecule has 1 aromatic heterocycles. The summed E-state index contributed by atoms with van der Waals surface area (Å²) >= 11 is 5.04. The number of nitrogens with one attached hydrogen (secondary N) is 1. The monoisotopic (exact) mass is 283 g/mol. The van der Waals surface area contributed by atoms with Crippen LogP contribution >= 0.6 is 12.2 Å². The number of rotatable bonds is 7. The number of hydrogen-bond acceptors (Lipinski definition) is 4. The fraction of sp³-hybridized carbons (Fsp3) is 0.667. The van der Waals surface area contributed by atoms with E-state index in [9.17, 15) is 4.79 Å². The van der Waals surface area contributed by atoms with Crippen molar-refractivity contribution < 1.29 is 4.79 Å². The van der Waals surface area contributed by atoms with Gasteiger partial charge in [-0.2, -0.15) is 5.10 Å². The van der Waals surface area contributed by atoms with Crippen LogP contribution in [0.1, 0.15) is 32.5 Å². The molecule has 0 aliphatic rings. The Morgan fingerprint density at radius 3 is 2.58 bits per heavy atom. The molecule has 0 aliphatic heterocycles. The number of hydrogen-bond donors (Lipinski definition) is 2. The van der Waals surface area contributed by atoms with Crippen LogP contribution in [0.2, 0.25) is 0 Å². The fourth-order valence-electron chi connectivity index (χ4n) is 1.99. The standard InChI is InChI=1S/C12H21N5OS/c1-4-12(5-2,10(13)19)11(18)14-7-6-9-15-8-17(3)16-9/h8H,4-7H2,1-3H3,(H2,13,19)(H,14,18). The van der Waals surface area contributed by atoms with Gasteiger partial charge in [0.1, 0.15) is 6.33 Å². The maximum Gasteiger partial charge on any atom is 0.233 e. The first-order valence-corrected chi connectivity index (χ1v) is 6.79. The molecule has 0 aromatic carbocycles. The van der Waals surface area contributed by atoms with Gasteiger partial charge < -0.3 is 11.1 Å². The Morgan fingerprint density at radius 2 is 2.16 bits per heavy atom. The molecule has 0 fully saturated rings. The summed E-state index contributed by atoms with van der Waals surface area (Å²) < 4.78 is 1.63. The molecule has 1 aromatic rings. The number of carbonyl (C=O) groups excluding carboxylic acids is 1. The van der Waals surface area contributed by atoms with Crippen molar-refractivity contribution in [2.45, 2.75) is 33.1 Å². The van der Waals surface area contributed by atoms with Gasteiger partial charge in [0, 0.05) is 20.0 Å². The number of thiocarbonyl (C=S) groups is 1. The van der Waals surface area contributed by atoms with E-state index in [-0.39, 0.29) is 10.9 Å². The molecular formula is C12H21N5OS. The van der Waals surface area contributed by atoms with Crippen molar-refractivity contribution in [3.8, 4) is 0 Å². The molecule has 0 unspecified atom stereocenters. The molecule has 7 heteroatoms. The second-order valence-electron chi connectivity index (χ2n) is 4.49. The third-order valence-corrected chi connectivity index (χ3v) is 3.79. The molecule has 0 bridgehead atoms. The van der Waals surface area contributed by atoms with E-state index in [1.165, 1.54) is 0 Å². The van der Waals surface area contributed by atoms with E-state index >= 15 is 0 Å². The van der Waals surface area contributed by atoms with Crippen molar-refractivity contribution in [2.75, 3.05) is 6.54 Å². The molecule has 0 saturated heterocycles. The maximum atomic E-state index is 12.2. The van der Waals surface area contributed by atoms with Gasteiger partial charge >= 0.3 is 0 Å². The van der Waals surface area contributed by atoms with Gasteiger partial charge in [-0.05, 0) is 12.8 Å². The number of nitrogens with two attached hydrogens (primary N) is 1. The van der Waals surface area contributed by atoms with Gasteiger partial charge in [-0.3, -0.25) is 9.48 Å². The summed E-state index contributed by atoms with van der Waals surface area (Å²) in [6, 6.07) is 0. The van der Waals surface area contributed by atoms with Gasteiger partial charge in [-0.1, -0.05) is 26.1 Å². The van der Waals surface area contributed by atoms with Crippen molar-refractivity contribution in [3.63, 3.8) is 0 Å². The Hall–Kier alpha value is -1.50. The van der Waals surface area contributed by atoms with Crippen LogP contribution in [0.15, 0.2) is 6.33 Å². The van der Waals surface area contributed by atoms with Crippen LogP contribution in [0.25, 0.3) is 0 Å². The average Bonchev–Trinajstić information content (AvgIpc) is 2.77. The summed E-state index contributed by atoms with van der Waals surface area (Å²) in [4.78, 5) is 16.6. The summed E-state index contributed by atoms with van der Waals surface area (Å²) in [6.07, 6.45) is 3.43. The highest BCUT2D eigenvalue weighted by Gasteiger charge is 2.37. The topological polar surface area (TPSA) is 85.8 Å². The zero-order valence-corrected chi connectivity index (χ0v) is 12.5. The minimum absolute atomic E-state index is 0.110. The third kappa shape index (κ3) is 3.50. The Kier molecular flexibility index (Phi) is 5.41. The van der Waals surface area contributed by atoms with Gasteiger partial charge in [0.25, 0.3) is 0 Å². The van der Waals surface area contributed by atoms with Crippen LogP contribution in [0.5, 0.6) is 0 Å². The number of aryl methyl sites for hydroxylation is 1. The molecule has 0 atom stereocenters. The summed E-state index contributed by atoms with van der Waals surface area (Å²) in [5.74, 6) is 0.595. The van der Waals surface area contributed by atoms with E-state index in [4.69, 9.17) is 18.0 Å². The molecule has 6 nitrogen and oxygen atoms in total. The molecule has 1 heterocycles. The molecule has 0 spiro atoms. The molecule has 3 N–H and O–H groups in total. The quantitative estimate of drug-likeness (QED) is 0.714. The van der Waals surface area contributed by atoms with Crippen molar-refractivity contribution in [2.24, 2.45) is 18.2 Å². The van der Waals surface area contributed by atoms with Crippen molar-refractivity contribution >= 4 is 23.1 Å². The Morgan fingerprint density at radius 1 is 1.53 bits per heavy atom. The molecule has 0 radical (unpaired) electrons. The number of aromatic nitrogens is 3. The van der Waals surface area contributed by atoms with E-state index < -0.39 is 5.41 Å². The highest BCUT2D eigenvalue weighted by Crippen LogP contribution is 2.27. The Labute approximate surface area is 118 Å². The van der Waals surface area contributed by atoms with E-state index in [0.717, 1.165) is 0 Å². The van der Waals surface area contributed by atoms with Gasteiger partial charge in [-0.15, -0.1) is 0 Å². The van der Waals surface area contributed by atoms with Gasteiger partial charge in [0.05, 0.1) is 10.4 Å². The zero-order valence-electron chi connectivity index (χ0n) is 11.6. The van der Waals surface area contributed by atoms with Crippen LogP contribution < -0.4 is 11.1 Å². The predicted molar refractivity (Wildman–Crippen MR) is 77.5 cm³/mol. The molecule has 0 aliphatic carbocycles. The lowest BCUT2D eigenvalue weighted by Gasteiger charge is -2.28. The summed E-state index contributed by atoms with van der Waals surface area (Å²) in [5.41, 5.74) is 4.98. The van der Waals surface area contributed by atoms with Crippen molar-refractivity contribution in [1.29, 1.82) is 0 Å². The van der Waals surface area contributed by atoms with E-state index in [2.05, 4.69) is 15.4 Å². The first-order valence-electron chi connectivity index (χ1n) is 6.39. The Balaban J connectivity index is 2.56. The normalized spacial score (nSPS) is 11.3. The minimum Gasteiger partial charge on any atom is -0.392 e. The third-order valence-electron chi connectivity index (χ3n) is 3.39. The molecule has 1 amide bonds. The zero-order chi connectivity index (χ0) is 14.5. The second-order valence-corrected chi connectivity index (χ2v) is 4.93. The number of carbonyl (C=O) groups is 1. The number of amides is 1. The van der Waals surface area contributed by atoms with E-state index in [0.29, 0.717) is 31.6 Å². The summed E-state index contributed by atoms with van der Waals surface area (Å²) in [7, 11) is 1.81. The lowest BCUT2D eigenvalue weighted by molar-refractivity contribution is -0.127. The predicted octanol–water partition coefficient (Wildman–Crippen LogP) is 0.566. The average molecular weight is 283 g/mol. The van der Waals surface area contributed by atoms with Gasteiger partial charge in [-0.25, -0.2) is 4.98 Å². The molecule has 106 valence electrons. The lowest BCUT2D eigenvalue weighted by Crippen LogP contribution is -2.48. The largest absolute Gasteiger partial charge is 0.392 e. The van der Waals surface area contributed by atoms with Crippen LogP contribution in [-0.4, -0.2) is 32.2 Å². The van der Waals surface area contributed by atoms with Crippen molar-refractivity contribution in [3.05, 3.63) is 12.2 Å². The number of nitrogens with zero attached hydrogens (tertiary/aromatic N) is 3. The van der Waals surface area contributed by atoms with Crippen LogP contribution in [0.4, 0.5) is 0 Å². The lowest BCUT2D eigenvalue weighted by atomic mass is 9.81. The van der Waals surface area contributed by atoms with Crippen molar-refractivity contribution in [1.82, 2.24) is 20.1 Å². The van der Waals surface area contributed by atoms with Gasteiger partial charge in [0.15, 0.2) is 5.82 Å². The smallest absolute Gasteiger partial charge is 0.233 e. The van der Waals surface area contributed by atoms with Crippen LogP contribution in [-0.2, 0) is 18.3 Å². The van der Waals surface area contributed by atoms with Crippen LogP contribution in [0.3, 0.4) is 0 Å². The fourth-order valence-corrected chi connectivity index (χ4v) is 2.37. The Bertz CT molecular complexity index is 453. The second kappa shape index (κ2) is 6.60. The highest BCUT2D eigenvalue weighted by atomic mass is 32.1. The summed E-state index contributed by atoms with van der Waals surface area (Å²) in [5, 5.41) is 7.02.